The summed E-state index contributed by atoms with van der Waals surface area (Å²) < 4.78 is 0. The van der Waals surface area contributed by atoms with E-state index >= 15 is 0 Å². The molecule has 0 amide bonds. The fraction of sp³-hybridized carbons (Fsp3) is 0.800. The van der Waals surface area contributed by atoms with Gasteiger partial charge in [0.2, 0.25) is 0 Å². The van der Waals surface area contributed by atoms with Crippen molar-refractivity contribution in [3.8, 4) is 0 Å². The molecule has 3 N–H and O–H groups in total. The summed E-state index contributed by atoms with van der Waals surface area (Å²) in [6.07, 6.45) is 2.32. The quantitative estimate of drug-likeness (QED) is 0.455. The van der Waals surface area contributed by atoms with Gasteiger partial charge in [-0.15, -0.1) is 0 Å². The first-order valence-electron chi connectivity index (χ1n) is 2.83. The van der Waals surface area contributed by atoms with Crippen LogP contribution in [-0.2, 0) is 21.9 Å². The predicted octanol–water partition coefficient (Wildman–Crippen LogP) is 0.169. The van der Waals surface area contributed by atoms with Crippen LogP contribution >= 0.6 is 11.8 Å². The van der Waals surface area contributed by atoms with E-state index in [-0.39, 0.29) is 17.1 Å². The van der Waals surface area contributed by atoms with Gasteiger partial charge >= 0.3 is 5.97 Å². The Morgan fingerprint density at radius 3 is 2.55 bits per heavy atom. The van der Waals surface area contributed by atoms with E-state index in [1.807, 2.05) is 6.26 Å². The Balaban J connectivity index is 0. The fourth-order valence-corrected chi connectivity index (χ4v) is 0.950. The van der Waals surface area contributed by atoms with Crippen molar-refractivity contribution < 1.29 is 32.2 Å². The Morgan fingerprint density at radius 2 is 2.27 bits per heavy atom. The zero-order valence-electron chi connectivity index (χ0n) is 6.08. The molecule has 0 saturated carbocycles. The van der Waals surface area contributed by atoms with E-state index in [1.54, 1.807) is 17.2 Å². The second-order valence-corrected chi connectivity index (χ2v) is 2.79. The Hall–Kier alpha value is 0.259. The number of rotatable bonds is 5. The first-order chi connectivity index (χ1) is 4.72. The first-order valence-corrected chi connectivity index (χ1v) is 4.23. The van der Waals surface area contributed by atoms with Crippen LogP contribution in [0.3, 0.4) is 0 Å². The molecule has 67 valence electrons. The topological polar surface area (TPSA) is 69.6 Å². The van der Waals surface area contributed by atoms with E-state index in [4.69, 9.17) is 10.3 Å². The van der Waals surface area contributed by atoms with Gasteiger partial charge in [-0.2, -0.15) is 17.2 Å². The summed E-state index contributed by atoms with van der Waals surface area (Å²) >= 11 is 1.55. The number of nitrogens with one attached hydrogen (secondary N) is 1. The van der Waals surface area contributed by atoms with Gasteiger partial charge < -0.3 is 10.3 Å². The van der Waals surface area contributed by atoms with Gasteiger partial charge in [-0.05, 0) is 18.4 Å². The molecule has 11 heavy (non-hydrogen) atoms. The molecule has 0 aliphatic heterocycles. The molecule has 0 fully saturated rings. The number of hydroxylamine groups is 1. The number of thioether (sulfide) groups is 1. The Bertz CT molecular complexity index is 114. The second kappa shape index (κ2) is 8.36. The molecule has 0 saturated heterocycles. The summed E-state index contributed by atoms with van der Waals surface area (Å²) in [5.41, 5.74) is 1.72. The van der Waals surface area contributed by atoms with Crippen LogP contribution in [0.2, 0.25) is 0 Å². The molecule has 0 rings (SSSR count). The molecular formula is C5H11MnNO3S. The number of carboxylic acid groups (broad SMARTS) is 1. The summed E-state index contributed by atoms with van der Waals surface area (Å²) in [6.45, 7) is 0. The third-order valence-corrected chi connectivity index (χ3v) is 1.71. The van der Waals surface area contributed by atoms with Crippen molar-refractivity contribution in [2.45, 2.75) is 12.5 Å². The molecule has 6 heteroatoms. The Morgan fingerprint density at radius 1 is 1.73 bits per heavy atom. The SMILES string of the molecule is CSCCC(NO)C(=O)O.[Mn]. The molecule has 1 atom stereocenters. The Kier molecular flexibility index (Phi) is 10.5. The van der Waals surface area contributed by atoms with Gasteiger partial charge in [-0.3, -0.25) is 4.79 Å². The average Bonchev–Trinajstić information content (AvgIpc) is 1.89. The van der Waals surface area contributed by atoms with Crippen LogP contribution in [0.15, 0.2) is 0 Å². The van der Waals surface area contributed by atoms with Gasteiger partial charge in [0.15, 0.2) is 0 Å². The van der Waals surface area contributed by atoms with Crippen molar-refractivity contribution in [3.63, 3.8) is 0 Å². The standard InChI is InChI=1S/C5H11NO3S.Mn/c1-10-3-2-4(6-9)5(7)8;/h4,6,9H,2-3H2,1H3,(H,7,8);. The molecule has 1 unspecified atom stereocenters. The number of carbonyl (C=O) groups is 1. The van der Waals surface area contributed by atoms with Gasteiger partial charge in [0.05, 0.1) is 0 Å². The van der Waals surface area contributed by atoms with Gasteiger partial charge in [-0.25, -0.2) is 0 Å². The van der Waals surface area contributed by atoms with Gasteiger partial charge in [0.25, 0.3) is 0 Å². The molecule has 0 aliphatic carbocycles. The molecule has 0 bridgehead atoms. The predicted molar refractivity (Wildman–Crippen MR) is 39.3 cm³/mol. The van der Waals surface area contributed by atoms with Crippen LogP contribution in [0.5, 0.6) is 0 Å². The molecule has 4 nitrogen and oxygen atoms in total. The molecule has 0 heterocycles. The maximum atomic E-state index is 10.2. The van der Waals surface area contributed by atoms with E-state index < -0.39 is 12.0 Å². The van der Waals surface area contributed by atoms with Gasteiger partial charge in [-0.1, -0.05) is 0 Å². The van der Waals surface area contributed by atoms with Crippen LogP contribution in [0, 0.1) is 0 Å². The van der Waals surface area contributed by atoms with Gasteiger partial charge in [0, 0.05) is 17.1 Å². The first kappa shape index (κ1) is 13.8. The third-order valence-electron chi connectivity index (χ3n) is 1.06. The summed E-state index contributed by atoms with van der Waals surface area (Å²) in [5.74, 6) is -0.290. The van der Waals surface area contributed by atoms with E-state index in [0.717, 1.165) is 5.75 Å². The molecule has 0 spiro atoms. The van der Waals surface area contributed by atoms with Crippen molar-refractivity contribution in [1.29, 1.82) is 0 Å². The molecule has 0 aliphatic rings. The minimum absolute atomic E-state index is 0. The molecular weight excluding hydrogens is 209 g/mol. The van der Waals surface area contributed by atoms with Crippen LogP contribution in [0.1, 0.15) is 6.42 Å². The zero-order valence-corrected chi connectivity index (χ0v) is 8.08. The number of hydrogen-bond donors (Lipinski definition) is 3. The van der Waals surface area contributed by atoms with Crippen molar-refractivity contribution in [3.05, 3.63) is 0 Å². The van der Waals surface area contributed by atoms with E-state index in [9.17, 15) is 4.79 Å². The van der Waals surface area contributed by atoms with Crippen LogP contribution in [0.25, 0.3) is 0 Å². The number of aliphatic carboxylic acids is 1. The normalized spacial score (nSPS) is 11.8. The molecule has 0 aromatic carbocycles. The third kappa shape index (κ3) is 6.65. The Labute approximate surface area is 80.2 Å². The van der Waals surface area contributed by atoms with Crippen molar-refractivity contribution in [2.75, 3.05) is 12.0 Å². The molecule has 0 aromatic rings. The second-order valence-electron chi connectivity index (χ2n) is 1.80. The largest absolute Gasteiger partial charge is 0.480 e. The number of carboxylic acids is 1. The van der Waals surface area contributed by atoms with Crippen LogP contribution in [-0.4, -0.2) is 34.3 Å². The maximum absolute atomic E-state index is 10.2. The summed E-state index contributed by atoms with van der Waals surface area (Å²) in [7, 11) is 0. The summed E-state index contributed by atoms with van der Waals surface area (Å²) in [5, 5.41) is 16.7. The summed E-state index contributed by atoms with van der Waals surface area (Å²) in [6, 6.07) is -0.826. The minimum atomic E-state index is -1.02. The van der Waals surface area contributed by atoms with E-state index in [0.29, 0.717) is 6.42 Å². The fourth-order valence-electron chi connectivity index (χ4n) is 0.479. The zero-order chi connectivity index (χ0) is 7.98. The van der Waals surface area contributed by atoms with Gasteiger partial charge in [0.1, 0.15) is 6.04 Å². The molecule has 0 aromatic heterocycles. The maximum Gasteiger partial charge on any atom is 0.323 e. The summed E-state index contributed by atoms with van der Waals surface area (Å²) in [4.78, 5) is 10.2. The monoisotopic (exact) mass is 220 g/mol. The van der Waals surface area contributed by atoms with Crippen molar-refractivity contribution in [2.24, 2.45) is 0 Å². The van der Waals surface area contributed by atoms with E-state index in [1.165, 1.54) is 0 Å². The molecule has 1 radical (unpaired) electrons. The smallest absolute Gasteiger partial charge is 0.323 e. The van der Waals surface area contributed by atoms with E-state index in [2.05, 4.69) is 0 Å². The number of hydrogen-bond acceptors (Lipinski definition) is 4. The van der Waals surface area contributed by atoms with Crippen LogP contribution < -0.4 is 5.48 Å². The van der Waals surface area contributed by atoms with Crippen LogP contribution in [0.4, 0.5) is 0 Å². The van der Waals surface area contributed by atoms with Crippen molar-refractivity contribution >= 4 is 17.7 Å². The average molecular weight is 220 g/mol. The minimum Gasteiger partial charge on any atom is -0.480 e. The van der Waals surface area contributed by atoms with Crippen molar-refractivity contribution in [1.82, 2.24) is 5.48 Å².